The molecule has 5 rings (SSSR count). The quantitative estimate of drug-likeness (QED) is 0.581. The van der Waals surface area contributed by atoms with Crippen molar-refractivity contribution in [3.63, 3.8) is 0 Å². The predicted octanol–water partition coefficient (Wildman–Crippen LogP) is 3.98. The number of likely N-dealkylation sites (tertiary alicyclic amines) is 1. The van der Waals surface area contributed by atoms with Gasteiger partial charge < -0.3 is 9.32 Å². The number of nitrogens with one attached hydrogen (secondary N) is 1. The SMILES string of the molecule is c1csc(-c2nc(C[NH+]3CCC(c4nc5ccccc5s4)CC3)co2)c1. The Kier molecular flexibility index (Phi) is 4.32. The summed E-state index contributed by atoms with van der Waals surface area (Å²) in [5, 5.41) is 3.36. The molecule has 0 atom stereocenters. The van der Waals surface area contributed by atoms with Gasteiger partial charge >= 0.3 is 0 Å². The van der Waals surface area contributed by atoms with E-state index in [2.05, 4.69) is 40.7 Å². The molecule has 4 nitrogen and oxygen atoms in total. The third-order valence-corrected chi connectivity index (χ3v) is 7.12. The first kappa shape index (κ1) is 16.2. The van der Waals surface area contributed by atoms with Gasteiger partial charge in [-0.1, -0.05) is 18.2 Å². The van der Waals surface area contributed by atoms with E-state index in [4.69, 9.17) is 9.40 Å². The molecule has 0 bridgehead atoms. The van der Waals surface area contributed by atoms with Crippen LogP contribution in [0.1, 0.15) is 29.5 Å². The van der Waals surface area contributed by atoms with Crippen LogP contribution in [-0.4, -0.2) is 23.1 Å². The number of benzene rings is 1. The van der Waals surface area contributed by atoms with Gasteiger partial charge in [0.25, 0.3) is 0 Å². The smallest absolute Gasteiger partial charge is 0.236 e. The van der Waals surface area contributed by atoms with Crippen LogP contribution < -0.4 is 4.90 Å². The van der Waals surface area contributed by atoms with Crippen molar-refractivity contribution in [3.05, 3.63) is 58.7 Å². The topological polar surface area (TPSA) is 43.4 Å². The highest BCUT2D eigenvalue weighted by Crippen LogP contribution is 2.31. The Hall–Kier alpha value is -2.02. The Morgan fingerprint density at radius 2 is 1.96 bits per heavy atom. The monoisotopic (exact) mass is 382 g/mol. The first-order valence-corrected chi connectivity index (χ1v) is 10.7. The number of hydrogen-bond donors (Lipinski definition) is 1. The highest BCUT2D eigenvalue weighted by molar-refractivity contribution is 7.18. The average Bonchev–Trinajstić information content (AvgIpc) is 3.42. The number of rotatable bonds is 4. The minimum atomic E-state index is 0.607. The third-order valence-electron chi connectivity index (χ3n) is 5.07. The lowest BCUT2D eigenvalue weighted by Gasteiger charge is -2.27. The van der Waals surface area contributed by atoms with Crippen LogP contribution in [0.2, 0.25) is 0 Å². The number of piperidine rings is 1. The van der Waals surface area contributed by atoms with Crippen molar-refractivity contribution in [2.75, 3.05) is 13.1 Å². The average molecular weight is 383 g/mol. The van der Waals surface area contributed by atoms with Gasteiger partial charge in [0.2, 0.25) is 5.89 Å². The van der Waals surface area contributed by atoms with Gasteiger partial charge in [-0.05, 0) is 23.6 Å². The van der Waals surface area contributed by atoms with Crippen LogP contribution in [-0.2, 0) is 6.54 Å². The second-order valence-corrected chi connectivity index (χ2v) is 8.85. The van der Waals surface area contributed by atoms with Crippen molar-refractivity contribution in [3.8, 4) is 10.8 Å². The molecule has 132 valence electrons. The highest BCUT2D eigenvalue weighted by Gasteiger charge is 2.26. The van der Waals surface area contributed by atoms with E-state index >= 15 is 0 Å². The van der Waals surface area contributed by atoms with E-state index in [1.165, 1.54) is 35.6 Å². The second kappa shape index (κ2) is 6.95. The summed E-state index contributed by atoms with van der Waals surface area (Å²) in [5.41, 5.74) is 2.20. The molecule has 0 aliphatic carbocycles. The Morgan fingerprint density at radius 1 is 1.08 bits per heavy atom. The number of thiazole rings is 1. The molecule has 1 N–H and O–H groups in total. The molecule has 0 radical (unpaired) electrons. The Morgan fingerprint density at radius 3 is 2.77 bits per heavy atom. The standard InChI is InChI=1S/C20H19N3OS2/c1-2-5-17-16(4-1)22-20(26-17)14-7-9-23(10-8-14)12-15-13-24-19(21-15)18-6-3-11-25-18/h1-6,11,13-14H,7-10,12H2/p+1. The van der Waals surface area contributed by atoms with Crippen LogP contribution in [0.3, 0.4) is 0 Å². The summed E-state index contributed by atoms with van der Waals surface area (Å²) in [6.45, 7) is 3.28. The van der Waals surface area contributed by atoms with E-state index in [9.17, 15) is 0 Å². The predicted molar refractivity (Wildman–Crippen MR) is 106 cm³/mol. The lowest BCUT2D eigenvalue weighted by atomic mass is 9.97. The zero-order chi connectivity index (χ0) is 17.3. The summed E-state index contributed by atoms with van der Waals surface area (Å²) >= 11 is 3.53. The first-order valence-electron chi connectivity index (χ1n) is 9.02. The fourth-order valence-corrected chi connectivity index (χ4v) is 5.46. The van der Waals surface area contributed by atoms with Crippen molar-refractivity contribution in [2.45, 2.75) is 25.3 Å². The van der Waals surface area contributed by atoms with Crippen molar-refractivity contribution in [1.29, 1.82) is 0 Å². The first-order chi connectivity index (χ1) is 12.8. The number of nitrogens with zero attached hydrogens (tertiary/aromatic N) is 2. The van der Waals surface area contributed by atoms with Crippen molar-refractivity contribution in [2.24, 2.45) is 0 Å². The van der Waals surface area contributed by atoms with Crippen molar-refractivity contribution in [1.82, 2.24) is 9.97 Å². The van der Waals surface area contributed by atoms with Gasteiger partial charge in [-0.2, -0.15) is 0 Å². The molecule has 3 aromatic heterocycles. The molecule has 0 unspecified atom stereocenters. The zero-order valence-corrected chi connectivity index (χ0v) is 16.0. The highest BCUT2D eigenvalue weighted by atomic mass is 32.1. The van der Waals surface area contributed by atoms with Crippen LogP contribution in [0.25, 0.3) is 21.0 Å². The van der Waals surface area contributed by atoms with Crippen LogP contribution in [0.5, 0.6) is 0 Å². The van der Waals surface area contributed by atoms with Crippen molar-refractivity contribution < 1.29 is 9.32 Å². The molecule has 1 aliphatic rings. The van der Waals surface area contributed by atoms with Gasteiger partial charge in [-0.3, -0.25) is 0 Å². The minimum Gasteiger partial charge on any atom is -0.443 e. The molecule has 1 saturated heterocycles. The van der Waals surface area contributed by atoms with Gasteiger partial charge in [0.15, 0.2) is 0 Å². The molecular formula is C20H20N3OS2+. The van der Waals surface area contributed by atoms with E-state index in [1.54, 1.807) is 16.2 Å². The van der Waals surface area contributed by atoms with E-state index in [1.807, 2.05) is 23.7 Å². The lowest BCUT2D eigenvalue weighted by Crippen LogP contribution is -3.11. The normalized spacial score (nSPS) is 20.6. The maximum Gasteiger partial charge on any atom is 0.236 e. The van der Waals surface area contributed by atoms with Crippen LogP contribution in [0.4, 0.5) is 0 Å². The lowest BCUT2D eigenvalue weighted by molar-refractivity contribution is -0.919. The number of aromatic nitrogens is 2. The van der Waals surface area contributed by atoms with Crippen LogP contribution in [0.15, 0.2) is 52.5 Å². The molecule has 1 aliphatic heterocycles. The molecule has 1 fully saturated rings. The van der Waals surface area contributed by atoms with E-state index in [0.717, 1.165) is 28.5 Å². The molecule has 0 spiro atoms. The zero-order valence-electron chi connectivity index (χ0n) is 14.4. The summed E-state index contributed by atoms with van der Waals surface area (Å²) in [4.78, 5) is 12.2. The maximum atomic E-state index is 5.65. The largest absolute Gasteiger partial charge is 0.443 e. The van der Waals surface area contributed by atoms with E-state index < -0.39 is 0 Å². The molecule has 1 aromatic carbocycles. The summed E-state index contributed by atoms with van der Waals surface area (Å²) in [6, 6.07) is 12.5. The van der Waals surface area contributed by atoms with E-state index in [0.29, 0.717) is 5.92 Å². The fraction of sp³-hybridized carbons (Fsp3) is 0.300. The molecule has 0 amide bonds. The number of thiophene rings is 1. The Labute approximate surface area is 160 Å². The fourth-order valence-electron chi connectivity index (χ4n) is 3.67. The minimum absolute atomic E-state index is 0.607. The van der Waals surface area contributed by atoms with Gasteiger partial charge in [-0.25, -0.2) is 9.97 Å². The summed E-state index contributed by atoms with van der Waals surface area (Å²) < 4.78 is 6.96. The number of hydrogen-bond acceptors (Lipinski definition) is 5. The van der Waals surface area contributed by atoms with Crippen LogP contribution in [0, 0.1) is 0 Å². The molecule has 4 heterocycles. The third kappa shape index (κ3) is 3.20. The molecule has 4 aromatic rings. The summed E-state index contributed by atoms with van der Waals surface area (Å²) in [5.74, 6) is 1.36. The van der Waals surface area contributed by atoms with Crippen LogP contribution >= 0.6 is 22.7 Å². The Bertz CT molecular complexity index is 964. The van der Waals surface area contributed by atoms with Gasteiger partial charge in [-0.15, -0.1) is 22.7 Å². The van der Waals surface area contributed by atoms with Gasteiger partial charge in [0.05, 0.1) is 33.2 Å². The van der Waals surface area contributed by atoms with Crippen molar-refractivity contribution >= 4 is 32.9 Å². The number of fused-ring (bicyclic) bond motifs is 1. The van der Waals surface area contributed by atoms with Gasteiger partial charge in [0, 0.05) is 18.8 Å². The number of para-hydroxylation sites is 1. The number of quaternary nitrogens is 1. The van der Waals surface area contributed by atoms with E-state index in [-0.39, 0.29) is 0 Å². The maximum absolute atomic E-state index is 5.65. The van der Waals surface area contributed by atoms with Gasteiger partial charge in [0.1, 0.15) is 18.5 Å². The molecule has 6 heteroatoms. The molecule has 26 heavy (non-hydrogen) atoms. The summed E-state index contributed by atoms with van der Waals surface area (Å²) in [6.07, 6.45) is 4.22. The second-order valence-electron chi connectivity index (χ2n) is 6.84. The Balaban J connectivity index is 1.22. The summed E-state index contributed by atoms with van der Waals surface area (Å²) in [7, 11) is 0. The number of oxazole rings is 1. The molecule has 0 saturated carbocycles. The molecular weight excluding hydrogens is 362 g/mol.